The minimum absolute atomic E-state index is 0.109. The summed E-state index contributed by atoms with van der Waals surface area (Å²) < 4.78 is 0. The molecule has 0 radical (unpaired) electrons. The van der Waals surface area contributed by atoms with Gasteiger partial charge in [-0.3, -0.25) is 4.79 Å². The first kappa shape index (κ1) is 6.35. The summed E-state index contributed by atoms with van der Waals surface area (Å²) in [5.74, 6) is 0.406. The zero-order chi connectivity index (χ0) is 7.19. The highest BCUT2D eigenvalue weighted by molar-refractivity contribution is 5.84. The minimum atomic E-state index is 0.109. The summed E-state index contributed by atoms with van der Waals surface area (Å²) in [5.41, 5.74) is 0.109. The Hall–Kier alpha value is -0.370. The van der Waals surface area contributed by atoms with Crippen LogP contribution in [-0.4, -0.2) is 30.3 Å². The highest BCUT2D eigenvalue weighted by Gasteiger charge is 2.48. The molecular formula is C8H13NO. The van der Waals surface area contributed by atoms with Crippen LogP contribution < -0.4 is 0 Å². The van der Waals surface area contributed by atoms with E-state index in [0.29, 0.717) is 5.78 Å². The second-order valence-electron chi connectivity index (χ2n) is 3.65. The predicted molar refractivity (Wildman–Crippen MR) is 38.8 cm³/mol. The molecule has 2 bridgehead atoms. The molecule has 3 aliphatic rings. The normalized spacial score (nSPS) is 44.3. The first-order valence-corrected chi connectivity index (χ1v) is 3.96. The number of nitrogens with zero attached hydrogens (tertiary/aromatic N) is 1. The van der Waals surface area contributed by atoms with Gasteiger partial charge in [0.1, 0.15) is 5.78 Å². The molecule has 0 amide bonds. The molecule has 0 aromatic heterocycles. The molecular weight excluding hydrogens is 126 g/mol. The molecule has 0 atom stereocenters. The molecule has 0 N–H and O–H groups in total. The first-order chi connectivity index (χ1) is 4.73. The maximum atomic E-state index is 11.1. The molecule has 3 aliphatic heterocycles. The monoisotopic (exact) mass is 139 g/mol. The molecule has 2 heteroatoms. The number of carbonyl (C=O) groups excluding carboxylic acids is 1. The van der Waals surface area contributed by atoms with E-state index in [1.165, 1.54) is 13.0 Å². The van der Waals surface area contributed by atoms with Crippen molar-refractivity contribution in [2.45, 2.75) is 19.8 Å². The van der Waals surface area contributed by atoms with Crippen LogP contribution in [0.15, 0.2) is 0 Å². The van der Waals surface area contributed by atoms with Crippen LogP contribution in [0.2, 0.25) is 0 Å². The van der Waals surface area contributed by atoms with Crippen molar-refractivity contribution in [3.63, 3.8) is 0 Å². The van der Waals surface area contributed by atoms with Gasteiger partial charge in [-0.1, -0.05) is 0 Å². The summed E-state index contributed by atoms with van der Waals surface area (Å²) in [4.78, 5) is 13.5. The number of carbonyl (C=O) groups is 1. The van der Waals surface area contributed by atoms with Gasteiger partial charge in [-0.2, -0.15) is 0 Å². The molecule has 3 rings (SSSR count). The van der Waals surface area contributed by atoms with Crippen molar-refractivity contribution in [2.24, 2.45) is 5.41 Å². The van der Waals surface area contributed by atoms with E-state index in [2.05, 4.69) is 4.90 Å². The second kappa shape index (κ2) is 1.82. The fraction of sp³-hybridized carbons (Fsp3) is 0.875. The van der Waals surface area contributed by atoms with Crippen molar-refractivity contribution in [3.05, 3.63) is 0 Å². The molecule has 0 spiro atoms. The summed E-state index contributed by atoms with van der Waals surface area (Å²) in [6.07, 6.45) is 2.36. The smallest absolute Gasteiger partial charge is 0.138 e. The van der Waals surface area contributed by atoms with E-state index in [0.717, 1.165) is 19.5 Å². The zero-order valence-corrected chi connectivity index (χ0v) is 6.39. The summed E-state index contributed by atoms with van der Waals surface area (Å²) in [6, 6.07) is 0. The van der Waals surface area contributed by atoms with Crippen LogP contribution in [-0.2, 0) is 4.79 Å². The lowest BCUT2D eigenvalue weighted by atomic mass is 9.70. The number of ketones is 1. The molecule has 2 nitrogen and oxygen atoms in total. The third-order valence-electron chi connectivity index (χ3n) is 2.93. The molecule has 3 fully saturated rings. The van der Waals surface area contributed by atoms with Crippen molar-refractivity contribution in [1.82, 2.24) is 4.90 Å². The molecule has 0 aromatic carbocycles. The van der Waals surface area contributed by atoms with Gasteiger partial charge in [-0.25, -0.2) is 0 Å². The van der Waals surface area contributed by atoms with Crippen molar-refractivity contribution in [3.8, 4) is 0 Å². The van der Waals surface area contributed by atoms with Gasteiger partial charge in [0.25, 0.3) is 0 Å². The molecule has 0 unspecified atom stereocenters. The number of fused-ring (bicyclic) bond motifs is 2. The van der Waals surface area contributed by atoms with Crippen molar-refractivity contribution >= 4 is 5.78 Å². The quantitative estimate of drug-likeness (QED) is 0.532. The Labute approximate surface area is 61.2 Å². The number of hydrogen-bond acceptors (Lipinski definition) is 2. The van der Waals surface area contributed by atoms with Crippen LogP contribution in [0, 0.1) is 5.41 Å². The van der Waals surface area contributed by atoms with E-state index in [9.17, 15) is 4.79 Å². The lowest BCUT2D eigenvalue weighted by Crippen LogP contribution is -2.63. The van der Waals surface area contributed by atoms with Gasteiger partial charge in [0.15, 0.2) is 0 Å². The van der Waals surface area contributed by atoms with Crippen LogP contribution in [0.3, 0.4) is 0 Å². The third kappa shape index (κ3) is 0.655. The molecule has 0 aromatic rings. The number of piperidine rings is 2. The number of rotatable bonds is 1. The fourth-order valence-corrected chi connectivity index (χ4v) is 2.17. The van der Waals surface area contributed by atoms with E-state index in [4.69, 9.17) is 0 Å². The van der Waals surface area contributed by atoms with E-state index < -0.39 is 0 Å². The third-order valence-corrected chi connectivity index (χ3v) is 2.93. The van der Waals surface area contributed by atoms with Gasteiger partial charge in [0.05, 0.1) is 5.41 Å². The second-order valence-corrected chi connectivity index (χ2v) is 3.65. The van der Waals surface area contributed by atoms with Crippen molar-refractivity contribution in [1.29, 1.82) is 0 Å². The minimum Gasteiger partial charge on any atom is -0.301 e. The summed E-state index contributed by atoms with van der Waals surface area (Å²) in [7, 11) is 0. The summed E-state index contributed by atoms with van der Waals surface area (Å²) in [5, 5.41) is 0. The molecule has 3 saturated heterocycles. The predicted octanol–water partition coefficient (Wildman–Crippen LogP) is 0.671. The lowest BCUT2D eigenvalue weighted by Gasteiger charge is -2.53. The van der Waals surface area contributed by atoms with E-state index in [-0.39, 0.29) is 5.41 Å². The van der Waals surface area contributed by atoms with E-state index in [1.54, 1.807) is 6.92 Å². The zero-order valence-electron chi connectivity index (χ0n) is 6.39. The maximum absolute atomic E-state index is 11.1. The summed E-state index contributed by atoms with van der Waals surface area (Å²) >= 11 is 0. The maximum Gasteiger partial charge on any atom is 0.138 e. The Balaban J connectivity index is 2.12. The summed E-state index contributed by atoms with van der Waals surface area (Å²) in [6.45, 7) is 5.04. The Bertz CT molecular complexity index is 165. The van der Waals surface area contributed by atoms with Gasteiger partial charge in [0, 0.05) is 13.1 Å². The Morgan fingerprint density at radius 1 is 1.50 bits per heavy atom. The fourth-order valence-electron chi connectivity index (χ4n) is 2.17. The highest BCUT2D eigenvalue weighted by atomic mass is 16.1. The lowest BCUT2D eigenvalue weighted by molar-refractivity contribution is -0.143. The Morgan fingerprint density at radius 2 is 2.20 bits per heavy atom. The SMILES string of the molecule is CC(=O)C12CCCN(C1)C2. The average molecular weight is 139 g/mol. The van der Waals surface area contributed by atoms with Crippen molar-refractivity contribution in [2.75, 3.05) is 19.6 Å². The van der Waals surface area contributed by atoms with Gasteiger partial charge < -0.3 is 4.90 Å². The Morgan fingerprint density at radius 3 is 2.50 bits per heavy atom. The average Bonchev–Trinajstić information content (AvgIpc) is 1.87. The Kier molecular flexibility index (Phi) is 1.15. The number of Topliss-reactive ketones (excluding diaryl/α,β-unsaturated/α-hetero) is 1. The van der Waals surface area contributed by atoms with Gasteiger partial charge in [-0.05, 0) is 26.3 Å². The number of hydrogen-bond donors (Lipinski definition) is 0. The first-order valence-electron chi connectivity index (χ1n) is 3.96. The van der Waals surface area contributed by atoms with Gasteiger partial charge in [-0.15, -0.1) is 0 Å². The van der Waals surface area contributed by atoms with Crippen LogP contribution in [0.4, 0.5) is 0 Å². The van der Waals surface area contributed by atoms with Gasteiger partial charge in [0.2, 0.25) is 0 Å². The van der Waals surface area contributed by atoms with Crippen LogP contribution >= 0.6 is 0 Å². The standard InChI is InChI=1S/C8H13NO/c1-7(10)8-3-2-4-9(5-8)6-8/h2-6H2,1H3. The highest BCUT2D eigenvalue weighted by Crippen LogP contribution is 2.40. The van der Waals surface area contributed by atoms with Crippen LogP contribution in [0.1, 0.15) is 19.8 Å². The molecule has 0 aliphatic carbocycles. The van der Waals surface area contributed by atoms with Gasteiger partial charge >= 0.3 is 0 Å². The topological polar surface area (TPSA) is 20.3 Å². The molecule has 56 valence electrons. The largest absolute Gasteiger partial charge is 0.301 e. The molecule has 3 heterocycles. The van der Waals surface area contributed by atoms with Crippen LogP contribution in [0.5, 0.6) is 0 Å². The molecule has 10 heavy (non-hydrogen) atoms. The van der Waals surface area contributed by atoms with Crippen LogP contribution in [0.25, 0.3) is 0 Å². The van der Waals surface area contributed by atoms with E-state index in [1.807, 2.05) is 0 Å². The van der Waals surface area contributed by atoms with Crippen molar-refractivity contribution < 1.29 is 4.79 Å². The van der Waals surface area contributed by atoms with E-state index >= 15 is 0 Å². The molecule has 0 saturated carbocycles.